The Morgan fingerprint density at radius 1 is 1.00 bits per heavy atom. The van der Waals surface area contributed by atoms with Gasteiger partial charge in [0.15, 0.2) is 0 Å². The van der Waals surface area contributed by atoms with Crippen molar-refractivity contribution in [1.29, 1.82) is 0 Å². The van der Waals surface area contributed by atoms with Crippen LogP contribution in [0, 0.1) is 11.8 Å². The molecule has 4 heteroatoms. The van der Waals surface area contributed by atoms with Crippen LogP contribution >= 0.6 is 24.0 Å². The maximum atomic E-state index is 5.55. The number of methoxy groups -OCH3 is 1. The minimum absolute atomic E-state index is 0.234. The Kier molecular flexibility index (Phi) is 5.57. The molecule has 2 nitrogen and oxygen atoms in total. The number of benzene rings is 2. The average molecular weight is 345 g/mol. The molecule has 0 unspecified atom stereocenters. The minimum atomic E-state index is 0.234. The van der Waals surface area contributed by atoms with Gasteiger partial charge in [-0.1, -0.05) is 48.5 Å². The Bertz CT molecular complexity index is 630. The van der Waals surface area contributed by atoms with Crippen molar-refractivity contribution in [2.45, 2.75) is 10.8 Å². The molecule has 0 N–H and O–H groups in total. The van der Waals surface area contributed by atoms with E-state index < -0.39 is 0 Å². The van der Waals surface area contributed by atoms with E-state index >= 15 is 0 Å². The fourth-order valence-corrected chi connectivity index (χ4v) is 4.26. The van der Waals surface area contributed by atoms with Crippen molar-refractivity contribution in [1.82, 2.24) is 0 Å². The molecule has 0 heterocycles. The highest BCUT2D eigenvalue weighted by atomic mass is 32.2. The van der Waals surface area contributed by atoms with Gasteiger partial charge in [-0.2, -0.15) is 0 Å². The van der Waals surface area contributed by atoms with E-state index in [-0.39, 0.29) is 5.24 Å². The maximum Gasteiger partial charge on any atom is 0.351 e. The van der Waals surface area contributed by atoms with Crippen LogP contribution in [0.4, 0.5) is 0 Å². The monoisotopic (exact) mass is 344 g/mol. The van der Waals surface area contributed by atoms with Crippen LogP contribution in [0.5, 0.6) is 0 Å². The normalized spacial score (nSPS) is 22.4. The van der Waals surface area contributed by atoms with Crippen LogP contribution in [0.2, 0.25) is 0 Å². The van der Waals surface area contributed by atoms with Crippen molar-refractivity contribution in [3.05, 3.63) is 66.2 Å². The zero-order chi connectivity index (χ0) is 16.1. The highest BCUT2D eigenvalue weighted by molar-refractivity contribution is 7.99. The molecular formula is C19H20O2S2. The third-order valence-electron chi connectivity index (χ3n) is 4.26. The first-order chi connectivity index (χ1) is 11.3. The largest absolute Gasteiger partial charge is 0.460 e. The van der Waals surface area contributed by atoms with Gasteiger partial charge < -0.3 is 9.47 Å². The molecule has 0 aromatic heterocycles. The molecule has 0 amide bonds. The van der Waals surface area contributed by atoms with E-state index in [1.165, 1.54) is 10.5 Å². The second kappa shape index (κ2) is 7.84. The van der Waals surface area contributed by atoms with Gasteiger partial charge in [-0.15, -0.1) is 11.8 Å². The summed E-state index contributed by atoms with van der Waals surface area (Å²) in [4.78, 5) is 1.32. The first-order valence-electron chi connectivity index (χ1n) is 7.73. The van der Waals surface area contributed by atoms with E-state index in [4.69, 9.17) is 21.7 Å². The predicted molar refractivity (Wildman–Crippen MR) is 98.9 cm³/mol. The Balaban J connectivity index is 1.62. The van der Waals surface area contributed by atoms with Gasteiger partial charge in [-0.25, -0.2) is 0 Å². The summed E-state index contributed by atoms with van der Waals surface area (Å²) in [7, 11) is 1.55. The first-order valence-corrected chi connectivity index (χ1v) is 9.12. The minimum Gasteiger partial charge on any atom is -0.460 e. The molecule has 1 aliphatic carbocycles. The van der Waals surface area contributed by atoms with Gasteiger partial charge in [0.2, 0.25) is 0 Å². The number of ether oxygens (including phenoxy) is 2. The first kappa shape index (κ1) is 16.3. The van der Waals surface area contributed by atoms with Gasteiger partial charge in [0.1, 0.15) is 0 Å². The van der Waals surface area contributed by atoms with E-state index in [0.717, 1.165) is 5.75 Å². The zero-order valence-electron chi connectivity index (χ0n) is 13.1. The SMILES string of the molecule is COC(=S)OC[C@@H]1[C@H](CSc2ccccc2)[C@H]1c1ccccc1. The number of rotatable bonds is 6. The van der Waals surface area contributed by atoms with Crippen molar-refractivity contribution in [2.24, 2.45) is 11.8 Å². The lowest BCUT2D eigenvalue weighted by Crippen LogP contribution is -2.07. The summed E-state index contributed by atoms with van der Waals surface area (Å²) in [6.07, 6.45) is 0. The molecule has 0 spiro atoms. The van der Waals surface area contributed by atoms with Gasteiger partial charge in [0.25, 0.3) is 0 Å². The Hall–Kier alpha value is -1.52. The summed E-state index contributed by atoms with van der Waals surface area (Å²) in [5, 5.41) is 0.234. The molecule has 0 bridgehead atoms. The van der Waals surface area contributed by atoms with Crippen LogP contribution < -0.4 is 0 Å². The lowest BCUT2D eigenvalue weighted by molar-refractivity contribution is 0.197. The smallest absolute Gasteiger partial charge is 0.351 e. The predicted octanol–water partition coefficient (Wildman–Crippen LogP) is 4.76. The number of thioether (sulfide) groups is 1. The highest BCUT2D eigenvalue weighted by Gasteiger charge is 2.50. The van der Waals surface area contributed by atoms with E-state index in [1.807, 2.05) is 11.8 Å². The Morgan fingerprint density at radius 2 is 1.65 bits per heavy atom. The molecule has 3 rings (SSSR count). The van der Waals surface area contributed by atoms with Crippen LogP contribution in [-0.4, -0.2) is 24.7 Å². The molecule has 1 aliphatic rings. The standard InChI is InChI=1S/C19H20O2S2/c1-20-19(22)21-12-16-17(13-23-15-10-6-3-7-11-15)18(16)14-8-4-2-5-9-14/h2-11,16-18H,12-13H2,1H3/t16-,17+,18+/m1/s1. The second-order valence-electron chi connectivity index (χ2n) is 5.65. The van der Waals surface area contributed by atoms with E-state index in [2.05, 4.69) is 60.7 Å². The summed E-state index contributed by atoms with van der Waals surface area (Å²) in [6.45, 7) is 0.631. The van der Waals surface area contributed by atoms with Crippen LogP contribution in [0.15, 0.2) is 65.6 Å². The molecule has 2 aromatic rings. The van der Waals surface area contributed by atoms with Crippen molar-refractivity contribution in [3.8, 4) is 0 Å². The van der Waals surface area contributed by atoms with Crippen LogP contribution in [0.25, 0.3) is 0 Å². The van der Waals surface area contributed by atoms with Gasteiger partial charge in [0.05, 0.1) is 13.7 Å². The van der Waals surface area contributed by atoms with Gasteiger partial charge in [0, 0.05) is 28.8 Å². The molecule has 0 aliphatic heterocycles. The third kappa shape index (κ3) is 4.27. The number of hydrogen-bond donors (Lipinski definition) is 0. The number of thiocarbonyl (C=S) groups is 1. The fraction of sp³-hybridized carbons (Fsp3) is 0.316. The van der Waals surface area contributed by atoms with E-state index in [0.29, 0.717) is 24.4 Å². The Morgan fingerprint density at radius 3 is 2.30 bits per heavy atom. The quantitative estimate of drug-likeness (QED) is 0.555. The topological polar surface area (TPSA) is 18.5 Å². The highest BCUT2D eigenvalue weighted by Crippen LogP contribution is 2.55. The molecule has 0 saturated heterocycles. The number of hydrogen-bond acceptors (Lipinski definition) is 4. The molecule has 1 fully saturated rings. The Labute approximate surface area is 147 Å². The van der Waals surface area contributed by atoms with Crippen molar-refractivity contribution >= 4 is 29.2 Å². The van der Waals surface area contributed by atoms with Crippen LogP contribution in [-0.2, 0) is 9.47 Å². The third-order valence-corrected chi connectivity index (χ3v) is 5.70. The van der Waals surface area contributed by atoms with E-state index in [1.54, 1.807) is 7.11 Å². The zero-order valence-corrected chi connectivity index (χ0v) is 14.7. The van der Waals surface area contributed by atoms with Crippen molar-refractivity contribution < 1.29 is 9.47 Å². The van der Waals surface area contributed by atoms with Crippen molar-refractivity contribution in [2.75, 3.05) is 19.5 Å². The maximum absolute atomic E-state index is 5.55. The van der Waals surface area contributed by atoms with Gasteiger partial charge in [-0.3, -0.25) is 0 Å². The summed E-state index contributed by atoms with van der Waals surface area (Å²) in [5.74, 6) is 2.76. The lowest BCUT2D eigenvalue weighted by atomic mass is 10.1. The summed E-state index contributed by atoms with van der Waals surface area (Å²) < 4.78 is 10.5. The molecule has 120 valence electrons. The van der Waals surface area contributed by atoms with Crippen molar-refractivity contribution in [3.63, 3.8) is 0 Å². The summed E-state index contributed by atoms with van der Waals surface area (Å²) in [5.41, 5.74) is 1.39. The molecule has 3 atom stereocenters. The van der Waals surface area contributed by atoms with Gasteiger partial charge in [-0.05, 0) is 29.5 Å². The average Bonchev–Trinajstić information content (AvgIpc) is 3.32. The lowest BCUT2D eigenvalue weighted by Gasteiger charge is -2.05. The molecule has 0 radical (unpaired) electrons. The molecule has 23 heavy (non-hydrogen) atoms. The van der Waals surface area contributed by atoms with Crippen LogP contribution in [0.3, 0.4) is 0 Å². The van der Waals surface area contributed by atoms with Gasteiger partial charge >= 0.3 is 5.24 Å². The summed E-state index contributed by atoms with van der Waals surface area (Å²) in [6, 6.07) is 21.2. The van der Waals surface area contributed by atoms with E-state index in [9.17, 15) is 0 Å². The second-order valence-corrected chi connectivity index (χ2v) is 7.08. The molecular weight excluding hydrogens is 324 g/mol. The summed E-state index contributed by atoms with van der Waals surface area (Å²) >= 11 is 6.90. The molecule has 1 saturated carbocycles. The van der Waals surface area contributed by atoms with Crippen LogP contribution in [0.1, 0.15) is 11.5 Å². The molecule has 2 aromatic carbocycles. The fourth-order valence-electron chi connectivity index (χ4n) is 3.00.